The van der Waals surface area contributed by atoms with E-state index in [1.165, 1.54) is 0 Å². The standard InChI is InChI=1S/C24H21NO4S/c1-3-30(26,27)20-10-5-9-19(16-20)29-18-8-4-7-17(15-18)21-13-14-25-24-22(21)11-6-12-23(24)28-2/h4-16H,3H2,1-2H3. The molecule has 0 radical (unpaired) electrons. The third kappa shape index (κ3) is 3.86. The number of pyridine rings is 1. The maximum atomic E-state index is 12.1. The zero-order valence-electron chi connectivity index (χ0n) is 16.7. The van der Waals surface area contributed by atoms with E-state index in [2.05, 4.69) is 4.98 Å². The van der Waals surface area contributed by atoms with Gasteiger partial charge in [-0.2, -0.15) is 0 Å². The van der Waals surface area contributed by atoms with Gasteiger partial charge in [-0.3, -0.25) is 4.98 Å². The summed E-state index contributed by atoms with van der Waals surface area (Å²) < 4.78 is 35.7. The molecule has 0 saturated heterocycles. The summed E-state index contributed by atoms with van der Waals surface area (Å²) in [5, 5.41) is 0.977. The van der Waals surface area contributed by atoms with E-state index in [-0.39, 0.29) is 10.6 Å². The quantitative estimate of drug-likeness (QED) is 0.413. The van der Waals surface area contributed by atoms with Gasteiger partial charge in [0.05, 0.1) is 17.8 Å². The highest BCUT2D eigenvalue weighted by molar-refractivity contribution is 7.91. The van der Waals surface area contributed by atoms with E-state index < -0.39 is 9.84 Å². The molecule has 0 fully saturated rings. The minimum atomic E-state index is -3.29. The van der Waals surface area contributed by atoms with Crippen molar-refractivity contribution in [2.45, 2.75) is 11.8 Å². The Labute approximate surface area is 175 Å². The number of rotatable bonds is 6. The molecule has 4 aromatic rings. The zero-order valence-corrected chi connectivity index (χ0v) is 17.5. The van der Waals surface area contributed by atoms with Gasteiger partial charge in [0, 0.05) is 11.6 Å². The average molecular weight is 420 g/mol. The van der Waals surface area contributed by atoms with Crippen LogP contribution in [0.2, 0.25) is 0 Å². The van der Waals surface area contributed by atoms with E-state index in [1.807, 2.05) is 48.5 Å². The van der Waals surface area contributed by atoms with E-state index in [9.17, 15) is 8.42 Å². The van der Waals surface area contributed by atoms with Crippen LogP contribution in [0.4, 0.5) is 0 Å². The molecule has 1 heterocycles. The van der Waals surface area contributed by atoms with E-state index in [0.29, 0.717) is 11.5 Å². The normalized spacial score (nSPS) is 11.4. The van der Waals surface area contributed by atoms with Crippen LogP contribution in [0.15, 0.2) is 83.9 Å². The second kappa shape index (κ2) is 8.16. The maximum Gasteiger partial charge on any atom is 0.178 e. The number of nitrogens with zero attached hydrogens (tertiary/aromatic N) is 1. The highest BCUT2D eigenvalue weighted by Crippen LogP contribution is 2.34. The summed E-state index contributed by atoms with van der Waals surface area (Å²) in [6, 6.07) is 22.0. The number of benzene rings is 3. The van der Waals surface area contributed by atoms with Crippen molar-refractivity contribution < 1.29 is 17.9 Å². The first-order chi connectivity index (χ1) is 14.5. The van der Waals surface area contributed by atoms with Crippen LogP contribution in [0, 0.1) is 0 Å². The smallest absolute Gasteiger partial charge is 0.178 e. The highest BCUT2D eigenvalue weighted by Gasteiger charge is 2.13. The van der Waals surface area contributed by atoms with Gasteiger partial charge in [0.15, 0.2) is 9.84 Å². The third-order valence-electron chi connectivity index (χ3n) is 4.88. The van der Waals surface area contributed by atoms with Crippen LogP contribution in [0.1, 0.15) is 6.92 Å². The number of aromatic nitrogens is 1. The minimum Gasteiger partial charge on any atom is -0.494 e. The molecule has 0 atom stereocenters. The van der Waals surface area contributed by atoms with Crippen molar-refractivity contribution in [2.75, 3.05) is 12.9 Å². The van der Waals surface area contributed by atoms with E-state index in [4.69, 9.17) is 9.47 Å². The first-order valence-electron chi connectivity index (χ1n) is 9.54. The lowest BCUT2D eigenvalue weighted by Crippen LogP contribution is -2.03. The third-order valence-corrected chi connectivity index (χ3v) is 6.61. The molecular weight excluding hydrogens is 398 g/mol. The summed E-state index contributed by atoms with van der Waals surface area (Å²) in [5.74, 6) is 1.86. The summed E-state index contributed by atoms with van der Waals surface area (Å²) in [7, 11) is -1.66. The monoisotopic (exact) mass is 419 g/mol. The Balaban J connectivity index is 1.72. The summed E-state index contributed by atoms with van der Waals surface area (Å²) in [5.41, 5.74) is 2.76. The van der Waals surface area contributed by atoms with E-state index in [0.717, 1.165) is 27.8 Å². The minimum absolute atomic E-state index is 0.0461. The molecule has 0 bridgehead atoms. The molecule has 4 rings (SSSR count). The van der Waals surface area contributed by atoms with Crippen LogP contribution in [-0.4, -0.2) is 26.3 Å². The number of fused-ring (bicyclic) bond motifs is 1. The Hall–Kier alpha value is -3.38. The lowest BCUT2D eigenvalue weighted by atomic mass is 10.0. The first kappa shape index (κ1) is 19.9. The molecule has 6 heteroatoms. The fourth-order valence-corrected chi connectivity index (χ4v) is 4.24. The van der Waals surface area contributed by atoms with Gasteiger partial charge in [0.2, 0.25) is 0 Å². The molecule has 1 aromatic heterocycles. The maximum absolute atomic E-state index is 12.1. The van der Waals surface area contributed by atoms with E-state index >= 15 is 0 Å². The number of hydrogen-bond donors (Lipinski definition) is 0. The zero-order chi connectivity index (χ0) is 21.1. The van der Waals surface area contributed by atoms with Gasteiger partial charge in [-0.05, 0) is 53.6 Å². The van der Waals surface area contributed by atoms with Crippen molar-refractivity contribution in [1.29, 1.82) is 0 Å². The molecule has 0 aliphatic heterocycles. The molecule has 0 saturated carbocycles. The molecule has 152 valence electrons. The second-order valence-corrected chi connectivity index (χ2v) is 9.00. The van der Waals surface area contributed by atoms with Crippen molar-refractivity contribution in [3.8, 4) is 28.4 Å². The number of sulfone groups is 1. The van der Waals surface area contributed by atoms with Gasteiger partial charge in [0.1, 0.15) is 22.8 Å². The number of hydrogen-bond acceptors (Lipinski definition) is 5. The summed E-state index contributed by atoms with van der Waals surface area (Å²) in [4.78, 5) is 4.71. The Morgan fingerprint density at radius 2 is 1.63 bits per heavy atom. The predicted octanol–water partition coefficient (Wildman–Crippen LogP) is 5.50. The van der Waals surface area contributed by atoms with Gasteiger partial charge in [-0.15, -0.1) is 0 Å². The van der Waals surface area contributed by atoms with Crippen molar-refractivity contribution >= 4 is 20.7 Å². The number of methoxy groups -OCH3 is 1. The second-order valence-electron chi connectivity index (χ2n) is 6.72. The fourth-order valence-electron chi connectivity index (χ4n) is 3.33. The van der Waals surface area contributed by atoms with Gasteiger partial charge in [-0.1, -0.05) is 37.3 Å². The van der Waals surface area contributed by atoms with Crippen molar-refractivity contribution in [1.82, 2.24) is 4.98 Å². The van der Waals surface area contributed by atoms with Crippen LogP contribution >= 0.6 is 0 Å². The molecule has 0 N–H and O–H groups in total. The molecule has 5 nitrogen and oxygen atoms in total. The fraction of sp³-hybridized carbons (Fsp3) is 0.125. The van der Waals surface area contributed by atoms with Crippen LogP contribution in [0.25, 0.3) is 22.0 Å². The first-order valence-corrected chi connectivity index (χ1v) is 11.2. The molecule has 30 heavy (non-hydrogen) atoms. The Morgan fingerprint density at radius 3 is 2.40 bits per heavy atom. The molecule has 3 aromatic carbocycles. The Bertz CT molecular complexity index is 1320. The predicted molar refractivity (Wildman–Crippen MR) is 118 cm³/mol. The van der Waals surface area contributed by atoms with Gasteiger partial charge >= 0.3 is 0 Å². The van der Waals surface area contributed by atoms with Gasteiger partial charge in [-0.25, -0.2) is 8.42 Å². The summed E-state index contributed by atoms with van der Waals surface area (Å²) in [6.45, 7) is 1.63. The lowest BCUT2D eigenvalue weighted by Gasteiger charge is -2.11. The van der Waals surface area contributed by atoms with Crippen molar-refractivity contribution in [2.24, 2.45) is 0 Å². The molecular formula is C24H21NO4S. The highest BCUT2D eigenvalue weighted by atomic mass is 32.2. The molecule has 0 unspecified atom stereocenters. The summed E-state index contributed by atoms with van der Waals surface area (Å²) >= 11 is 0. The summed E-state index contributed by atoms with van der Waals surface area (Å²) in [6.07, 6.45) is 1.76. The molecule has 0 aliphatic rings. The van der Waals surface area contributed by atoms with Crippen molar-refractivity contribution in [3.63, 3.8) is 0 Å². The van der Waals surface area contributed by atoms with Crippen LogP contribution in [-0.2, 0) is 9.84 Å². The van der Waals surface area contributed by atoms with Gasteiger partial charge < -0.3 is 9.47 Å². The van der Waals surface area contributed by atoms with Gasteiger partial charge in [0.25, 0.3) is 0 Å². The van der Waals surface area contributed by atoms with Crippen molar-refractivity contribution in [3.05, 3.63) is 79.0 Å². The molecule has 0 amide bonds. The molecule has 0 spiro atoms. The van der Waals surface area contributed by atoms with Crippen LogP contribution in [0.3, 0.4) is 0 Å². The number of ether oxygens (including phenoxy) is 2. The SMILES string of the molecule is CCS(=O)(=O)c1cccc(Oc2cccc(-c3ccnc4c(OC)cccc34)c2)c1. The average Bonchev–Trinajstić information content (AvgIpc) is 2.78. The largest absolute Gasteiger partial charge is 0.494 e. The Kier molecular flexibility index (Phi) is 5.42. The van der Waals surface area contributed by atoms with Crippen LogP contribution in [0.5, 0.6) is 17.2 Å². The lowest BCUT2D eigenvalue weighted by molar-refractivity contribution is 0.419. The number of para-hydroxylation sites is 1. The topological polar surface area (TPSA) is 65.5 Å². The Morgan fingerprint density at radius 1 is 0.900 bits per heavy atom. The molecule has 0 aliphatic carbocycles. The van der Waals surface area contributed by atoms with E-state index in [1.54, 1.807) is 44.5 Å². The van der Waals surface area contributed by atoms with Crippen LogP contribution < -0.4 is 9.47 Å².